The van der Waals surface area contributed by atoms with E-state index in [0.29, 0.717) is 24.4 Å². The van der Waals surface area contributed by atoms with Crippen LogP contribution < -0.4 is 0 Å². The number of nitrogens with zero attached hydrogens (tertiary/aromatic N) is 3. The standard InChI is InChI=1S/C14H17N3O3/c1-8-12-5-11(6-15-13(12)20-16-8)14(19)17-4-3-10(7-17)9(2)18/h5-6,9-10,18H,3-4,7H2,1-2H3. The molecule has 106 valence electrons. The summed E-state index contributed by atoms with van der Waals surface area (Å²) < 4.78 is 5.04. The van der Waals surface area contributed by atoms with E-state index in [0.717, 1.165) is 17.5 Å². The quantitative estimate of drug-likeness (QED) is 0.895. The molecule has 3 rings (SSSR count). The minimum atomic E-state index is -0.381. The minimum Gasteiger partial charge on any atom is -0.393 e. The maximum atomic E-state index is 12.4. The summed E-state index contributed by atoms with van der Waals surface area (Å²) in [6.45, 7) is 4.86. The van der Waals surface area contributed by atoms with Crippen LogP contribution in [0.1, 0.15) is 29.4 Å². The number of hydrogen-bond donors (Lipinski definition) is 1. The third kappa shape index (κ3) is 2.16. The highest BCUT2D eigenvalue weighted by atomic mass is 16.5. The van der Waals surface area contributed by atoms with Gasteiger partial charge in [0, 0.05) is 25.2 Å². The van der Waals surface area contributed by atoms with E-state index in [1.165, 1.54) is 6.20 Å². The average Bonchev–Trinajstić information content (AvgIpc) is 3.05. The van der Waals surface area contributed by atoms with Gasteiger partial charge in [-0.05, 0) is 26.3 Å². The number of rotatable bonds is 2. The van der Waals surface area contributed by atoms with Gasteiger partial charge in [-0.3, -0.25) is 4.79 Å². The number of likely N-dealkylation sites (tertiary alicyclic amines) is 1. The Morgan fingerprint density at radius 2 is 2.40 bits per heavy atom. The molecule has 1 aliphatic rings. The maximum Gasteiger partial charge on any atom is 0.257 e. The highest BCUT2D eigenvalue weighted by molar-refractivity contribution is 5.97. The second-order valence-corrected chi connectivity index (χ2v) is 5.39. The predicted molar refractivity (Wildman–Crippen MR) is 72.2 cm³/mol. The SMILES string of the molecule is Cc1noc2ncc(C(=O)N3CCC(C(C)O)C3)cc12. The van der Waals surface area contributed by atoms with Gasteiger partial charge in [-0.15, -0.1) is 0 Å². The monoisotopic (exact) mass is 275 g/mol. The van der Waals surface area contributed by atoms with Crippen molar-refractivity contribution in [2.45, 2.75) is 26.4 Å². The lowest BCUT2D eigenvalue weighted by molar-refractivity contribution is 0.0762. The van der Waals surface area contributed by atoms with Crippen LogP contribution in [0.5, 0.6) is 0 Å². The molecule has 1 N–H and O–H groups in total. The van der Waals surface area contributed by atoms with Gasteiger partial charge in [-0.25, -0.2) is 4.98 Å². The smallest absolute Gasteiger partial charge is 0.257 e. The first kappa shape index (κ1) is 13.1. The van der Waals surface area contributed by atoms with E-state index in [1.54, 1.807) is 17.9 Å². The Kier molecular flexibility index (Phi) is 3.17. The molecule has 1 amide bonds. The molecule has 20 heavy (non-hydrogen) atoms. The van der Waals surface area contributed by atoms with Crippen LogP contribution in [0.4, 0.5) is 0 Å². The normalized spacial score (nSPS) is 20.6. The Morgan fingerprint density at radius 3 is 3.10 bits per heavy atom. The van der Waals surface area contributed by atoms with Gasteiger partial charge >= 0.3 is 0 Å². The Labute approximate surface area is 116 Å². The van der Waals surface area contributed by atoms with Crippen molar-refractivity contribution in [2.75, 3.05) is 13.1 Å². The molecule has 2 atom stereocenters. The Morgan fingerprint density at radius 1 is 1.60 bits per heavy atom. The van der Waals surface area contributed by atoms with Gasteiger partial charge in [0.15, 0.2) is 0 Å². The summed E-state index contributed by atoms with van der Waals surface area (Å²) >= 11 is 0. The first-order valence-corrected chi connectivity index (χ1v) is 6.75. The third-order valence-corrected chi connectivity index (χ3v) is 3.95. The largest absolute Gasteiger partial charge is 0.393 e. The summed E-state index contributed by atoms with van der Waals surface area (Å²) in [6.07, 6.45) is 1.98. The molecule has 0 radical (unpaired) electrons. The topological polar surface area (TPSA) is 79.5 Å². The van der Waals surface area contributed by atoms with Crippen molar-refractivity contribution in [2.24, 2.45) is 5.92 Å². The van der Waals surface area contributed by atoms with Crippen molar-refractivity contribution in [1.82, 2.24) is 15.0 Å². The summed E-state index contributed by atoms with van der Waals surface area (Å²) in [6, 6.07) is 1.77. The summed E-state index contributed by atoms with van der Waals surface area (Å²) in [5.74, 6) is 0.108. The predicted octanol–water partition coefficient (Wildman–Crippen LogP) is 1.37. The molecule has 2 aromatic heterocycles. The fraction of sp³-hybridized carbons (Fsp3) is 0.500. The van der Waals surface area contributed by atoms with E-state index >= 15 is 0 Å². The molecular formula is C14H17N3O3. The van der Waals surface area contributed by atoms with Crippen LogP contribution >= 0.6 is 0 Å². The van der Waals surface area contributed by atoms with Crippen molar-refractivity contribution in [3.05, 3.63) is 23.5 Å². The lowest BCUT2D eigenvalue weighted by atomic mass is 10.0. The van der Waals surface area contributed by atoms with Crippen LogP contribution in [0.3, 0.4) is 0 Å². The van der Waals surface area contributed by atoms with Crippen molar-refractivity contribution < 1.29 is 14.4 Å². The van der Waals surface area contributed by atoms with E-state index in [-0.39, 0.29) is 17.9 Å². The summed E-state index contributed by atoms with van der Waals surface area (Å²) in [7, 11) is 0. The van der Waals surface area contributed by atoms with Crippen molar-refractivity contribution in [3.63, 3.8) is 0 Å². The maximum absolute atomic E-state index is 12.4. The molecule has 3 heterocycles. The third-order valence-electron chi connectivity index (χ3n) is 3.95. The van der Waals surface area contributed by atoms with Crippen molar-refractivity contribution >= 4 is 17.0 Å². The zero-order chi connectivity index (χ0) is 14.3. The van der Waals surface area contributed by atoms with Crippen LogP contribution in [0.15, 0.2) is 16.8 Å². The zero-order valence-electron chi connectivity index (χ0n) is 11.5. The Hall–Kier alpha value is -1.95. The highest BCUT2D eigenvalue weighted by Gasteiger charge is 2.29. The molecule has 6 heteroatoms. The molecule has 1 aliphatic heterocycles. The van der Waals surface area contributed by atoms with Gasteiger partial charge in [0.1, 0.15) is 0 Å². The van der Waals surface area contributed by atoms with Crippen LogP contribution in [-0.4, -0.2) is 45.2 Å². The molecule has 2 unspecified atom stereocenters. The zero-order valence-corrected chi connectivity index (χ0v) is 11.5. The highest BCUT2D eigenvalue weighted by Crippen LogP contribution is 2.23. The number of aryl methyl sites for hydroxylation is 1. The minimum absolute atomic E-state index is 0.0526. The first-order valence-electron chi connectivity index (χ1n) is 6.75. The number of amides is 1. The van der Waals surface area contributed by atoms with Gasteiger partial charge < -0.3 is 14.5 Å². The van der Waals surface area contributed by atoms with Gasteiger partial charge in [0.05, 0.1) is 22.7 Å². The molecule has 0 aromatic carbocycles. The van der Waals surface area contributed by atoms with Gasteiger partial charge in [0.2, 0.25) is 0 Å². The fourth-order valence-electron chi connectivity index (χ4n) is 2.61. The molecule has 1 fully saturated rings. The van der Waals surface area contributed by atoms with E-state index in [1.807, 2.05) is 6.92 Å². The number of aliphatic hydroxyl groups is 1. The van der Waals surface area contributed by atoms with Crippen LogP contribution in [0.25, 0.3) is 11.1 Å². The summed E-state index contributed by atoms with van der Waals surface area (Å²) in [4.78, 5) is 18.3. The van der Waals surface area contributed by atoms with Crippen molar-refractivity contribution in [3.8, 4) is 0 Å². The first-order chi connectivity index (χ1) is 9.56. The van der Waals surface area contributed by atoms with Crippen LogP contribution in [0, 0.1) is 12.8 Å². The van der Waals surface area contributed by atoms with Gasteiger partial charge in [-0.1, -0.05) is 5.16 Å². The van der Waals surface area contributed by atoms with Crippen molar-refractivity contribution in [1.29, 1.82) is 0 Å². The molecule has 0 aliphatic carbocycles. The number of hydrogen-bond acceptors (Lipinski definition) is 5. The Bertz CT molecular complexity index is 650. The van der Waals surface area contributed by atoms with Gasteiger partial charge in [0.25, 0.3) is 11.6 Å². The molecule has 1 saturated heterocycles. The van der Waals surface area contributed by atoms with E-state index in [2.05, 4.69) is 10.1 Å². The summed E-state index contributed by atoms with van der Waals surface area (Å²) in [5, 5.41) is 14.2. The van der Waals surface area contributed by atoms with E-state index in [4.69, 9.17) is 4.52 Å². The lowest BCUT2D eigenvalue weighted by Crippen LogP contribution is -2.30. The number of fused-ring (bicyclic) bond motifs is 1. The molecule has 2 aromatic rings. The van der Waals surface area contributed by atoms with Gasteiger partial charge in [-0.2, -0.15) is 0 Å². The second kappa shape index (κ2) is 4.86. The number of carbonyl (C=O) groups is 1. The number of aliphatic hydroxyl groups excluding tert-OH is 1. The number of carbonyl (C=O) groups excluding carboxylic acids is 1. The Balaban J connectivity index is 1.84. The average molecular weight is 275 g/mol. The van der Waals surface area contributed by atoms with E-state index in [9.17, 15) is 9.90 Å². The molecule has 0 spiro atoms. The fourth-order valence-corrected chi connectivity index (χ4v) is 2.61. The van der Waals surface area contributed by atoms with E-state index < -0.39 is 0 Å². The molecule has 0 saturated carbocycles. The second-order valence-electron chi connectivity index (χ2n) is 5.39. The summed E-state index contributed by atoms with van der Waals surface area (Å²) in [5.41, 5.74) is 1.71. The molecule has 6 nitrogen and oxygen atoms in total. The lowest BCUT2D eigenvalue weighted by Gasteiger charge is -2.17. The number of aromatic nitrogens is 2. The number of pyridine rings is 1. The van der Waals surface area contributed by atoms with Crippen LogP contribution in [-0.2, 0) is 0 Å². The molecular weight excluding hydrogens is 258 g/mol. The molecule has 0 bridgehead atoms. The van der Waals surface area contributed by atoms with Crippen LogP contribution in [0.2, 0.25) is 0 Å².